The molecule has 11 nitrogen and oxygen atoms in total. The lowest BCUT2D eigenvalue weighted by atomic mass is 9.67. The average Bonchev–Trinajstić information content (AvgIpc) is 2.95. The highest BCUT2D eigenvalue weighted by molar-refractivity contribution is 6.04. The van der Waals surface area contributed by atoms with E-state index in [-0.39, 0.29) is 48.3 Å². The van der Waals surface area contributed by atoms with Crippen LogP contribution in [0.3, 0.4) is 0 Å². The van der Waals surface area contributed by atoms with E-state index in [1.165, 1.54) is 0 Å². The summed E-state index contributed by atoms with van der Waals surface area (Å²) in [4.78, 5) is 48.8. The van der Waals surface area contributed by atoms with Crippen LogP contribution in [0.1, 0.15) is 74.7 Å². The number of hydrogen-bond acceptors (Lipinski definition) is 10. The summed E-state index contributed by atoms with van der Waals surface area (Å²) in [6, 6.07) is -0.220. The highest BCUT2D eigenvalue weighted by atomic mass is 16.7. The minimum absolute atomic E-state index is 0.0703. The Morgan fingerprint density at radius 2 is 1.67 bits per heavy atom. The van der Waals surface area contributed by atoms with Crippen molar-refractivity contribution in [2.75, 3.05) is 67.5 Å². The summed E-state index contributed by atoms with van der Waals surface area (Å²) in [6.07, 6.45) is -0.352. The van der Waals surface area contributed by atoms with Gasteiger partial charge in [-0.05, 0) is 86.1 Å². The van der Waals surface area contributed by atoms with E-state index in [0.29, 0.717) is 26.1 Å². The third kappa shape index (κ3) is 8.69. The normalized spacial score (nSPS) is 37.3. The molecule has 46 heavy (non-hydrogen) atoms. The number of likely N-dealkylation sites (N-methyl/N-ethyl adjacent to an activating group) is 3. The number of aliphatic hydroxyl groups is 1. The van der Waals surface area contributed by atoms with Crippen molar-refractivity contribution in [3.63, 3.8) is 0 Å². The molecule has 0 spiro atoms. The monoisotopic (exact) mass is 652 g/mol. The van der Waals surface area contributed by atoms with Gasteiger partial charge in [-0.15, -0.1) is 0 Å². The first kappa shape index (κ1) is 38.8. The van der Waals surface area contributed by atoms with Crippen LogP contribution in [-0.2, 0) is 28.6 Å². The molecule has 3 fully saturated rings. The number of likely N-dealkylation sites (tertiary alicyclic amines) is 1. The number of amides is 1. The molecule has 1 amide bonds. The molecular formula is C35H64N4O7. The molecule has 3 saturated heterocycles. The van der Waals surface area contributed by atoms with E-state index < -0.39 is 41.2 Å². The first-order valence-corrected chi connectivity index (χ1v) is 17.4. The van der Waals surface area contributed by atoms with Crippen molar-refractivity contribution >= 4 is 17.7 Å². The molecule has 3 rings (SSSR count). The summed E-state index contributed by atoms with van der Waals surface area (Å²) in [6.45, 7) is 19.1. The minimum Gasteiger partial charge on any atom is -0.463 e. The Morgan fingerprint density at radius 3 is 2.22 bits per heavy atom. The minimum atomic E-state index is -1.41. The van der Waals surface area contributed by atoms with Gasteiger partial charge in [0, 0.05) is 37.5 Å². The van der Waals surface area contributed by atoms with Crippen LogP contribution in [-0.4, -0.2) is 147 Å². The Kier molecular flexibility index (Phi) is 13.3. The van der Waals surface area contributed by atoms with E-state index in [1.54, 1.807) is 13.8 Å². The Morgan fingerprint density at radius 1 is 1.04 bits per heavy atom. The van der Waals surface area contributed by atoms with Gasteiger partial charge in [-0.25, -0.2) is 0 Å². The van der Waals surface area contributed by atoms with Gasteiger partial charge < -0.3 is 34.0 Å². The van der Waals surface area contributed by atoms with Crippen LogP contribution >= 0.6 is 0 Å². The van der Waals surface area contributed by atoms with Crippen molar-refractivity contribution in [1.82, 2.24) is 19.6 Å². The van der Waals surface area contributed by atoms with Gasteiger partial charge in [0.25, 0.3) is 0 Å². The molecule has 11 heteroatoms. The zero-order valence-electron chi connectivity index (χ0n) is 30.7. The molecule has 3 aliphatic rings. The van der Waals surface area contributed by atoms with Crippen molar-refractivity contribution in [3.8, 4) is 0 Å². The van der Waals surface area contributed by atoms with Crippen LogP contribution in [0.25, 0.3) is 0 Å². The van der Waals surface area contributed by atoms with Crippen molar-refractivity contribution in [3.05, 3.63) is 0 Å². The third-order valence-corrected chi connectivity index (χ3v) is 10.9. The van der Waals surface area contributed by atoms with Crippen molar-refractivity contribution in [1.29, 1.82) is 0 Å². The zero-order valence-corrected chi connectivity index (χ0v) is 30.7. The lowest BCUT2D eigenvalue weighted by Gasteiger charge is -2.48. The van der Waals surface area contributed by atoms with Gasteiger partial charge in [0.05, 0.1) is 24.8 Å². The molecule has 0 aromatic rings. The van der Waals surface area contributed by atoms with Crippen LogP contribution in [0.5, 0.6) is 0 Å². The summed E-state index contributed by atoms with van der Waals surface area (Å²) in [5.41, 5.74) is -1.86. The number of Topliss-reactive ketones (excluding diaryl/α,β-unsaturated/α-hetero) is 1. The summed E-state index contributed by atoms with van der Waals surface area (Å²) in [7, 11) is 7.66. The average molecular weight is 653 g/mol. The Labute approximate surface area is 278 Å². The standard InChI is InChI=1S/C35H64N4O7/c1-13-35(8)16-22(3)17-38(14-2)27(25-18-39(19-25)28(40)20-36(9)10)21-44-33(43)34(6,7)30(42)24(5)31(35)46-32-29(41)26(37(11)12)15-23(4)45-32/h22-27,29,31-32,41H,13-21H2,1-12H3/t22-,23-,24+,26+,27+,29-,31-,32+,35-/m1/s1. The number of ketones is 1. The zero-order chi connectivity index (χ0) is 34.7. The lowest BCUT2D eigenvalue weighted by molar-refractivity contribution is -0.287. The van der Waals surface area contributed by atoms with Crippen LogP contribution in [0.4, 0.5) is 0 Å². The predicted octanol–water partition coefficient (Wildman–Crippen LogP) is 2.74. The fraction of sp³-hybridized carbons (Fsp3) is 0.914. The fourth-order valence-corrected chi connectivity index (χ4v) is 7.93. The number of esters is 1. The molecule has 3 aliphatic heterocycles. The molecule has 0 radical (unpaired) electrons. The Bertz CT molecular complexity index is 1050. The number of ether oxygens (including phenoxy) is 3. The van der Waals surface area contributed by atoms with Crippen LogP contribution in [0, 0.1) is 28.6 Å². The van der Waals surface area contributed by atoms with E-state index in [1.807, 2.05) is 56.7 Å². The molecule has 0 saturated carbocycles. The second kappa shape index (κ2) is 15.7. The van der Waals surface area contributed by atoms with Gasteiger partial charge in [-0.1, -0.05) is 34.6 Å². The van der Waals surface area contributed by atoms with Gasteiger partial charge in [-0.3, -0.25) is 19.3 Å². The molecule has 3 heterocycles. The number of aliphatic hydroxyl groups excluding tert-OH is 1. The molecule has 0 aromatic carbocycles. The third-order valence-electron chi connectivity index (χ3n) is 10.9. The summed E-state index contributed by atoms with van der Waals surface area (Å²) >= 11 is 0. The van der Waals surface area contributed by atoms with Crippen LogP contribution in [0.15, 0.2) is 0 Å². The second-order valence-electron chi connectivity index (χ2n) is 15.8. The molecule has 9 atom stereocenters. The summed E-state index contributed by atoms with van der Waals surface area (Å²) < 4.78 is 19.0. The van der Waals surface area contributed by atoms with E-state index >= 15 is 0 Å². The molecular weight excluding hydrogens is 588 g/mol. The van der Waals surface area contributed by atoms with Crippen molar-refractivity contribution in [2.45, 2.75) is 111 Å². The summed E-state index contributed by atoms with van der Waals surface area (Å²) in [5.74, 6) is -0.966. The van der Waals surface area contributed by atoms with E-state index in [0.717, 1.165) is 25.9 Å². The van der Waals surface area contributed by atoms with E-state index in [2.05, 4.69) is 32.6 Å². The van der Waals surface area contributed by atoms with Gasteiger partial charge in [0.2, 0.25) is 5.91 Å². The second-order valence-corrected chi connectivity index (χ2v) is 15.8. The highest BCUT2D eigenvalue weighted by Gasteiger charge is 2.51. The Hall–Kier alpha value is -1.63. The van der Waals surface area contributed by atoms with Gasteiger partial charge in [0.1, 0.15) is 18.1 Å². The number of carbonyl (C=O) groups excluding carboxylic acids is 3. The maximum Gasteiger partial charge on any atom is 0.319 e. The van der Waals surface area contributed by atoms with Crippen LogP contribution < -0.4 is 0 Å². The first-order chi connectivity index (χ1) is 21.4. The maximum atomic E-state index is 14.3. The number of nitrogens with zero attached hydrogens (tertiary/aromatic N) is 4. The lowest BCUT2D eigenvalue weighted by Crippen LogP contribution is -2.61. The summed E-state index contributed by atoms with van der Waals surface area (Å²) in [5, 5.41) is 11.4. The van der Waals surface area contributed by atoms with E-state index in [4.69, 9.17) is 14.2 Å². The SMILES string of the molecule is CCN1C[C@H](C)C[C@@](C)(CC)[C@H](O[C@@H]2O[C@H](C)C[C@H](N(C)C)[C@H]2O)[C@@H](C)C(=O)C(C)(C)C(=O)OC[C@H]1C1CN(C(=O)CN(C)C)C1. The number of hydrogen-bond donors (Lipinski definition) is 1. The topological polar surface area (TPSA) is 112 Å². The molecule has 266 valence electrons. The highest BCUT2D eigenvalue weighted by Crippen LogP contribution is 2.43. The van der Waals surface area contributed by atoms with Gasteiger partial charge in [-0.2, -0.15) is 0 Å². The van der Waals surface area contributed by atoms with Gasteiger partial charge in [0.15, 0.2) is 12.1 Å². The quantitative estimate of drug-likeness (QED) is 0.310. The number of cyclic esters (lactones) is 1. The molecule has 0 unspecified atom stereocenters. The van der Waals surface area contributed by atoms with E-state index in [9.17, 15) is 19.5 Å². The smallest absolute Gasteiger partial charge is 0.319 e. The van der Waals surface area contributed by atoms with Crippen molar-refractivity contribution in [2.24, 2.45) is 28.6 Å². The molecule has 0 bridgehead atoms. The number of carbonyl (C=O) groups is 3. The predicted molar refractivity (Wildman–Crippen MR) is 178 cm³/mol. The largest absolute Gasteiger partial charge is 0.463 e. The molecule has 0 aliphatic carbocycles. The molecule has 1 N–H and O–H groups in total. The van der Waals surface area contributed by atoms with Crippen LogP contribution in [0.2, 0.25) is 0 Å². The Balaban J connectivity index is 1.96. The molecule has 0 aromatic heterocycles. The fourth-order valence-electron chi connectivity index (χ4n) is 7.93. The van der Waals surface area contributed by atoms with Gasteiger partial charge >= 0.3 is 5.97 Å². The number of rotatable bonds is 8. The maximum absolute atomic E-state index is 14.3. The first-order valence-electron chi connectivity index (χ1n) is 17.4. The van der Waals surface area contributed by atoms with Crippen molar-refractivity contribution < 1.29 is 33.7 Å².